The standard InChI is InChI=1S/C15H26N2O3S/c1-9(2)11(20-7)13(21-15(4,5)6)17-8-10(3)12(18)16-14(17)19/h8-9,11,13H,1-7H3,(H,16,18,19)/t11-,13-/m0/s1. The Hall–Kier alpha value is -1.01. The molecule has 0 fully saturated rings. The van der Waals surface area contributed by atoms with Crippen LogP contribution in [0.5, 0.6) is 0 Å². The maximum atomic E-state index is 12.2. The highest BCUT2D eigenvalue weighted by molar-refractivity contribution is 8.00. The van der Waals surface area contributed by atoms with Gasteiger partial charge in [-0.15, -0.1) is 11.8 Å². The van der Waals surface area contributed by atoms with Gasteiger partial charge in [-0.3, -0.25) is 14.3 Å². The lowest BCUT2D eigenvalue weighted by atomic mass is 10.1. The summed E-state index contributed by atoms with van der Waals surface area (Å²) < 4.78 is 7.17. The molecule has 0 amide bonds. The van der Waals surface area contributed by atoms with E-state index in [1.54, 1.807) is 36.6 Å². The molecule has 0 unspecified atom stereocenters. The normalized spacial score (nSPS) is 15.2. The molecule has 0 aliphatic heterocycles. The van der Waals surface area contributed by atoms with E-state index < -0.39 is 5.69 Å². The van der Waals surface area contributed by atoms with E-state index >= 15 is 0 Å². The summed E-state index contributed by atoms with van der Waals surface area (Å²) in [6.45, 7) is 12.1. The highest BCUT2D eigenvalue weighted by Gasteiger charge is 2.31. The molecule has 6 heteroatoms. The Bertz CT molecular complexity index is 584. The minimum absolute atomic E-state index is 0.0418. The molecule has 1 aromatic rings. The average Bonchev–Trinajstić information content (AvgIpc) is 2.31. The van der Waals surface area contributed by atoms with Crippen LogP contribution in [-0.4, -0.2) is 27.5 Å². The first-order valence-electron chi connectivity index (χ1n) is 7.09. The Morgan fingerprint density at radius 2 is 1.86 bits per heavy atom. The molecule has 0 aromatic carbocycles. The molecule has 1 heterocycles. The quantitative estimate of drug-likeness (QED) is 0.907. The van der Waals surface area contributed by atoms with Crippen LogP contribution in [0.15, 0.2) is 15.8 Å². The van der Waals surface area contributed by atoms with Crippen molar-refractivity contribution in [2.75, 3.05) is 7.11 Å². The van der Waals surface area contributed by atoms with E-state index in [9.17, 15) is 9.59 Å². The highest BCUT2D eigenvalue weighted by Crippen LogP contribution is 2.39. The second-order valence-electron chi connectivity index (χ2n) is 6.54. The van der Waals surface area contributed by atoms with E-state index in [1.165, 1.54) is 0 Å². The number of hydrogen-bond donors (Lipinski definition) is 1. The second-order valence-corrected chi connectivity index (χ2v) is 8.49. The van der Waals surface area contributed by atoms with Crippen molar-refractivity contribution in [3.63, 3.8) is 0 Å². The second kappa shape index (κ2) is 6.83. The van der Waals surface area contributed by atoms with E-state index in [-0.39, 0.29) is 27.7 Å². The average molecular weight is 314 g/mol. The number of nitrogens with one attached hydrogen (secondary N) is 1. The number of aromatic amines is 1. The number of rotatable bonds is 5. The predicted octanol–water partition coefficient (Wildman–Crippen LogP) is 2.55. The zero-order chi connectivity index (χ0) is 16.4. The van der Waals surface area contributed by atoms with Gasteiger partial charge in [0.1, 0.15) is 5.37 Å². The Balaban J connectivity index is 3.40. The van der Waals surface area contributed by atoms with Crippen LogP contribution < -0.4 is 11.2 Å². The molecule has 0 saturated carbocycles. The summed E-state index contributed by atoms with van der Waals surface area (Å²) in [5.74, 6) is 0.244. The van der Waals surface area contributed by atoms with Crippen LogP contribution in [0.1, 0.15) is 45.6 Å². The fourth-order valence-corrected chi connectivity index (χ4v) is 3.69. The number of aromatic nitrogens is 2. The van der Waals surface area contributed by atoms with Gasteiger partial charge >= 0.3 is 5.69 Å². The zero-order valence-corrected chi connectivity index (χ0v) is 14.7. The fourth-order valence-electron chi connectivity index (χ4n) is 2.14. The van der Waals surface area contributed by atoms with Crippen LogP contribution in [0, 0.1) is 12.8 Å². The number of H-pyrrole nitrogens is 1. The third kappa shape index (κ3) is 4.74. The van der Waals surface area contributed by atoms with Gasteiger partial charge in [0.05, 0.1) is 6.10 Å². The summed E-state index contributed by atoms with van der Waals surface area (Å²) in [6, 6.07) is 0. The zero-order valence-electron chi connectivity index (χ0n) is 13.9. The summed E-state index contributed by atoms with van der Waals surface area (Å²) in [7, 11) is 1.66. The molecule has 5 nitrogen and oxygen atoms in total. The van der Waals surface area contributed by atoms with Crippen LogP contribution in [0.2, 0.25) is 0 Å². The number of thioether (sulfide) groups is 1. The van der Waals surface area contributed by atoms with Crippen molar-refractivity contribution in [1.82, 2.24) is 9.55 Å². The van der Waals surface area contributed by atoms with E-state index in [1.807, 2.05) is 0 Å². The lowest BCUT2D eigenvalue weighted by Gasteiger charge is -2.34. The van der Waals surface area contributed by atoms with Crippen LogP contribution >= 0.6 is 11.8 Å². The Labute approximate surface area is 130 Å². The first-order chi connectivity index (χ1) is 9.56. The SMILES string of the molecule is CO[C@@H](C(C)C)[C@H](SC(C)(C)C)n1cc(C)c(=O)[nH]c1=O. The fraction of sp³-hybridized carbons (Fsp3) is 0.733. The Morgan fingerprint density at radius 1 is 1.29 bits per heavy atom. The van der Waals surface area contributed by atoms with Crippen molar-refractivity contribution in [2.45, 2.75) is 57.8 Å². The molecule has 2 atom stereocenters. The van der Waals surface area contributed by atoms with Crippen LogP contribution in [0.25, 0.3) is 0 Å². The topological polar surface area (TPSA) is 64.1 Å². The van der Waals surface area contributed by atoms with Crippen LogP contribution in [-0.2, 0) is 4.74 Å². The van der Waals surface area contributed by atoms with Crippen molar-refractivity contribution < 1.29 is 4.74 Å². The first-order valence-corrected chi connectivity index (χ1v) is 7.97. The van der Waals surface area contributed by atoms with Crippen molar-refractivity contribution in [3.8, 4) is 0 Å². The molecule has 0 bridgehead atoms. The lowest BCUT2D eigenvalue weighted by molar-refractivity contribution is 0.0465. The predicted molar refractivity (Wildman–Crippen MR) is 88.1 cm³/mol. The van der Waals surface area contributed by atoms with E-state index in [0.29, 0.717) is 5.56 Å². The molecule has 0 radical (unpaired) electrons. The van der Waals surface area contributed by atoms with Crippen LogP contribution in [0.3, 0.4) is 0 Å². The molecule has 120 valence electrons. The smallest absolute Gasteiger partial charge is 0.329 e. The molecule has 0 aliphatic rings. The van der Waals surface area contributed by atoms with Gasteiger partial charge in [-0.25, -0.2) is 4.79 Å². The summed E-state index contributed by atoms with van der Waals surface area (Å²) in [4.78, 5) is 26.1. The molecule has 21 heavy (non-hydrogen) atoms. The number of methoxy groups -OCH3 is 1. The van der Waals surface area contributed by atoms with E-state index in [4.69, 9.17) is 4.74 Å². The molecule has 1 rings (SSSR count). The third-order valence-corrected chi connectivity index (χ3v) is 4.55. The molecule has 0 saturated heterocycles. The number of nitrogens with zero attached hydrogens (tertiary/aromatic N) is 1. The van der Waals surface area contributed by atoms with Crippen LogP contribution in [0.4, 0.5) is 0 Å². The van der Waals surface area contributed by atoms with Gasteiger partial charge in [0, 0.05) is 23.6 Å². The van der Waals surface area contributed by atoms with E-state index in [2.05, 4.69) is 39.6 Å². The van der Waals surface area contributed by atoms with Crippen molar-refractivity contribution in [1.29, 1.82) is 0 Å². The molecule has 1 N–H and O–H groups in total. The molecular formula is C15H26N2O3S. The minimum Gasteiger partial charge on any atom is -0.378 e. The maximum Gasteiger partial charge on any atom is 0.329 e. The first kappa shape index (κ1) is 18.0. The van der Waals surface area contributed by atoms with Crippen molar-refractivity contribution >= 4 is 11.8 Å². The lowest BCUT2D eigenvalue weighted by Crippen LogP contribution is -2.40. The molecule has 1 aromatic heterocycles. The summed E-state index contributed by atoms with van der Waals surface area (Å²) in [5.41, 5.74) is -0.211. The van der Waals surface area contributed by atoms with Gasteiger partial charge < -0.3 is 4.74 Å². The number of ether oxygens (including phenoxy) is 1. The minimum atomic E-state index is -0.393. The van der Waals surface area contributed by atoms with E-state index in [0.717, 1.165) is 0 Å². The maximum absolute atomic E-state index is 12.2. The summed E-state index contributed by atoms with van der Waals surface area (Å²) >= 11 is 1.66. The highest BCUT2D eigenvalue weighted by atomic mass is 32.2. The van der Waals surface area contributed by atoms with Gasteiger partial charge in [-0.1, -0.05) is 34.6 Å². The van der Waals surface area contributed by atoms with Gasteiger partial charge in [0.2, 0.25) is 0 Å². The van der Waals surface area contributed by atoms with Crippen molar-refractivity contribution in [2.24, 2.45) is 5.92 Å². The van der Waals surface area contributed by atoms with Gasteiger partial charge in [-0.2, -0.15) is 0 Å². The van der Waals surface area contributed by atoms with Gasteiger partial charge in [-0.05, 0) is 12.8 Å². The number of hydrogen-bond acceptors (Lipinski definition) is 4. The Morgan fingerprint density at radius 3 is 2.29 bits per heavy atom. The largest absolute Gasteiger partial charge is 0.378 e. The summed E-state index contributed by atoms with van der Waals surface area (Å²) in [5, 5.41) is -0.196. The summed E-state index contributed by atoms with van der Waals surface area (Å²) in [6.07, 6.45) is 1.50. The van der Waals surface area contributed by atoms with Gasteiger partial charge in [0.15, 0.2) is 0 Å². The molecular weight excluding hydrogens is 288 g/mol. The number of aryl methyl sites for hydroxylation is 1. The Kier molecular flexibility index (Phi) is 5.87. The van der Waals surface area contributed by atoms with Gasteiger partial charge in [0.25, 0.3) is 5.56 Å². The monoisotopic (exact) mass is 314 g/mol. The molecule has 0 aliphatic carbocycles. The third-order valence-electron chi connectivity index (χ3n) is 3.10. The molecule has 0 spiro atoms. The van der Waals surface area contributed by atoms with Crippen molar-refractivity contribution in [3.05, 3.63) is 32.6 Å².